The maximum atomic E-state index is 6.28. The molecule has 4 heteroatoms. The Bertz CT molecular complexity index is 625. The van der Waals surface area contributed by atoms with Crippen molar-refractivity contribution in [3.05, 3.63) is 53.6 Å². The van der Waals surface area contributed by atoms with E-state index in [9.17, 15) is 0 Å². The van der Waals surface area contributed by atoms with Crippen LogP contribution in [0.1, 0.15) is 11.1 Å². The molecule has 0 aliphatic carbocycles. The van der Waals surface area contributed by atoms with E-state index in [-0.39, 0.29) is 6.04 Å². The predicted molar refractivity (Wildman–Crippen MR) is 85.8 cm³/mol. The minimum Gasteiger partial charge on any atom is -0.497 e. The van der Waals surface area contributed by atoms with Gasteiger partial charge < -0.3 is 19.9 Å². The summed E-state index contributed by atoms with van der Waals surface area (Å²) in [4.78, 5) is 0. The largest absolute Gasteiger partial charge is 0.497 e. The SMILES string of the molecule is COc1ccc(CC(N)Cc2ccc3c(c2)OCCO3)cc1. The lowest BCUT2D eigenvalue weighted by Gasteiger charge is -2.19. The smallest absolute Gasteiger partial charge is 0.161 e. The molecule has 3 rings (SSSR count). The summed E-state index contributed by atoms with van der Waals surface area (Å²) in [6.07, 6.45) is 1.64. The van der Waals surface area contributed by atoms with Crippen molar-refractivity contribution in [3.63, 3.8) is 0 Å². The lowest BCUT2D eigenvalue weighted by Crippen LogP contribution is -2.25. The average Bonchev–Trinajstić information content (AvgIpc) is 2.55. The van der Waals surface area contributed by atoms with Gasteiger partial charge in [0.1, 0.15) is 19.0 Å². The van der Waals surface area contributed by atoms with Crippen molar-refractivity contribution in [3.8, 4) is 17.2 Å². The van der Waals surface area contributed by atoms with Crippen LogP contribution in [-0.4, -0.2) is 26.4 Å². The van der Waals surface area contributed by atoms with Crippen LogP contribution in [0.25, 0.3) is 0 Å². The summed E-state index contributed by atoms with van der Waals surface area (Å²) >= 11 is 0. The molecule has 22 heavy (non-hydrogen) atoms. The molecule has 2 aromatic carbocycles. The van der Waals surface area contributed by atoms with Crippen molar-refractivity contribution >= 4 is 0 Å². The predicted octanol–water partition coefficient (Wildman–Crippen LogP) is 2.58. The number of ether oxygens (including phenoxy) is 3. The van der Waals surface area contributed by atoms with Gasteiger partial charge in [-0.05, 0) is 48.2 Å². The summed E-state index contributed by atoms with van der Waals surface area (Å²) < 4.78 is 16.3. The van der Waals surface area contributed by atoms with E-state index in [1.54, 1.807) is 7.11 Å². The van der Waals surface area contributed by atoms with E-state index < -0.39 is 0 Å². The Balaban J connectivity index is 1.62. The third kappa shape index (κ3) is 3.52. The van der Waals surface area contributed by atoms with Crippen molar-refractivity contribution < 1.29 is 14.2 Å². The topological polar surface area (TPSA) is 53.7 Å². The molecule has 2 aromatic rings. The molecule has 0 fully saturated rings. The quantitative estimate of drug-likeness (QED) is 0.922. The standard InChI is InChI=1S/C18H21NO3/c1-20-16-5-2-13(3-6-16)10-15(19)11-14-4-7-17-18(12-14)22-9-8-21-17/h2-7,12,15H,8-11,19H2,1H3. The highest BCUT2D eigenvalue weighted by atomic mass is 16.6. The first kappa shape index (κ1) is 14.7. The molecule has 1 heterocycles. The Hall–Kier alpha value is -2.20. The van der Waals surface area contributed by atoms with Crippen molar-refractivity contribution in [2.75, 3.05) is 20.3 Å². The molecule has 0 aromatic heterocycles. The maximum Gasteiger partial charge on any atom is 0.161 e. The number of fused-ring (bicyclic) bond motifs is 1. The van der Waals surface area contributed by atoms with E-state index >= 15 is 0 Å². The molecule has 2 N–H and O–H groups in total. The highest BCUT2D eigenvalue weighted by molar-refractivity contribution is 5.44. The second kappa shape index (κ2) is 6.71. The summed E-state index contributed by atoms with van der Waals surface area (Å²) in [5.74, 6) is 2.50. The third-order valence-corrected chi connectivity index (χ3v) is 3.76. The molecular weight excluding hydrogens is 278 g/mol. The van der Waals surface area contributed by atoms with E-state index in [1.165, 1.54) is 11.1 Å². The summed E-state index contributed by atoms with van der Waals surface area (Å²) in [6.45, 7) is 1.22. The van der Waals surface area contributed by atoms with Crippen LogP contribution < -0.4 is 19.9 Å². The lowest BCUT2D eigenvalue weighted by molar-refractivity contribution is 0.171. The third-order valence-electron chi connectivity index (χ3n) is 3.76. The van der Waals surface area contributed by atoms with Gasteiger partial charge in [-0.1, -0.05) is 18.2 Å². The Labute approximate surface area is 130 Å². The fraction of sp³-hybridized carbons (Fsp3) is 0.333. The first-order valence-electron chi connectivity index (χ1n) is 7.51. The van der Waals surface area contributed by atoms with Crippen molar-refractivity contribution in [1.29, 1.82) is 0 Å². The molecule has 0 amide bonds. The molecule has 0 radical (unpaired) electrons. The minimum absolute atomic E-state index is 0.0657. The van der Waals surface area contributed by atoms with Crippen LogP contribution in [0.4, 0.5) is 0 Å². The Morgan fingerprint density at radius 3 is 2.32 bits per heavy atom. The van der Waals surface area contributed by atoms with Crippen molar-refractivity contribution in [2.45, 2.75) is 18.9 Å². The van der Waals surface area contributed by atoms with Gasteiger partial charge in [-0.3, -0.25) is 0 Å². The van der Waals surface area contributed by atoms with Crippen molar-refractivity contribution in [2.24, 2.45) is 5.73 Å². The van der Waals surface area contributed by atoms with Crippen LogP contribution in [0, 0.1) is 0 Å². The molecule has 0 saturated carbocycles. The number of benzene rings is 2. The summed E-state index contributed by atoms with van der Waals surface area (Å²) in [5.41, 5.74) is 8.67. The Kier molecular flexibility index (Phi) is 4.49. The summed E-state index contributed by atoms with van der Waals surface area (Å²) in [7, 11) is 1.67. The molecule has 0 bridgehead atoms. The normalized spacial score (nSPS) is 14.5. The van der Waals surface area contributed by atoms with E-state index in [0.29, 0.717) is 13.2 Å². The number of methoxy groups -OCH3 is 1. The average molecular weight is 299 g/mol. The molecule has 1 aliphatic heterocycles. The molecule has 1 unspecified atom stereocenters. The van der Waals surface area contributed by atoms with Gasteiger partial charge in [-0.2, -0.15) is 0 Å². The number of rotatable bonds is 5. The number of hydrogen-bond donors (Lipinski definition) is 1. The highest BCUT2D eigenvalue weighted by Gasteiger charge is 2.13. The monoisotopic (exact) mass is 299 g/mol. The number of hydrogen-bond acceptors (Lipinski definition) is 4. The molecular formula is C18H21NO3. The van der Waals surface area contributed by atoms with Crippen LogP contribution in [0.5, 0.6) is 17.2 Å². The van der Waals surface area contributed by atoms with Gasteiger partial charge in [0.15, 0.2) is 11.5 Å². The molecule has 0 saturated heterocycles. The molecule has 4 nitrogen and oxygen atoms in total. The van der Waals surface area contributed by atoms with Crippen molar-refractivity contribution in [1.82, 2.24) is 0 Å². The van der Waals surface area contributed by atoms with Gasteiger partial charge in [-0.25, -0.2) is 0 Å². The Morgan fingerprint density at radius 1 is 0.955 bits per heavy atom. The van der Waals surface area contributed by atoms with Crippen LogP contribution in [0.15, 0.2) is 42.5 Å². The zero-order valence-corrected chi connectivity index (χ0v) is 12.7. The minimum atomic E-state index is 0.0657. The van der Waals surface area contributed by atoms with Gasteiger partial charge >= 0.3 is 0 Å². The molecule has 1 aliphatic rings. The molecule has 0 spiro atoms. The van der Waals surface area contributed by atoms with Gasteiger partial charge in [0.2, 0.25) is 0 Å². The zero-order chi connectivity index (χ0) is 15.4. The van der Waals surface area contributed by atoms with Crippen LogP contribution >= 0.6 is 0 Å². The van der Waals surface area contributed by atoms with Gasteiger partial charge in [0.25, 0.3) is 0 Å². The van der Waals surface area contributed by atoms with Gasteiger partial charge in [-0.15, -0.1) is 0 Å². The zero-order valence-electron chi connectivity index (χ0n) is 12.7. The second-order valence-corrected chi connectivity index (χ2v) is 5.49. The van der Waals surface area contributed by atoms with Gasteiger partial charge in [0, 0.05) is 6.04 Å². The first-order valence-corrected chi connectivity index (χ1v) is 7.51. The van der Waals surface area contributed by atoms with Crippen LogP contribution in [-0.2, 0) is 12.8 Å². The lowest BCUT2D eigenvalue weighted by atomic mass is 9.99. The molecule has 1 atom stereocenters. The van der Waals surface area contributed by atoms with Crippen LogP contribution in [0.2, 0.25) is 0 Å². The first-order chi connectivity index (χ1) is 10.7. The molecule has 116 valence electrons. The number of nitrogens with two attached hydrogens (primary N) is 1. The van der Waals surface area contributed by atoms with Crippen LogP contribution in [0.3, 0.4) is 0 Å². The summed E-state index contributed by atoms with van der Waals surface area (Å²) in [6, 6.07) is 14.2. The van der Waals surface area contributed by atoms with E-state index in [2.05, 4.69) is 18.2 Å². The fourth-order valence-electron chi connectivity index (χ4n) is 2.65. The fourth-order valence-corrected chi connectivity index (χ4v) is 2.65. The maximum absolute atomic E-state index is 6.28. The van der Waals surface area contributed by atoms with E-state index in [0.717, 1.165) is 30.1 Å². The van der Waals surface area contributed by atoms with E-state index in [1.807, 2.05) is 24.3 Å². The van der Waals surface area contributed by atoms with Gasteiger partial charge in [0.05, 0.1) is 7.11 Å². The van der Waals surface area contributed by atoms with E-state index in [4.69, 9.17) is 19.9 Å². The second-order valence-electron chi connectivity index (χ2n) is 5.49. The highest BCUT2D eigenvalue weighted by Crippen LogP contribution is 2.31. The Morgan fingerprint density at radius 2 is 1.59 bits per heavy atom. The summed E-state index contributed by atoms with van der Waals surface area (Å²) in [5, 5.41) is 0.